The second-order valence-electron chi connectivity index (χ2n) is 12.7. The number of ether oxygens (including phenoxy) is 2. The van der Waals surface area contributed by atoms with Crippen molar-refractivity contribution in [1.29, 1.82) is 0 Å². The van der Waals surface area contributed by atoms with Gasteiger partial charge in [0.05, 0.1) is 23.6 Å². The van der Waals surface area contributed by atoms with Gasteiger partial charge in [0.2, 0.25) is 11.8 Å². The smallest absolute Gasteiger partial charge is 0.408 e. The Balaban J connectivity index is 1.60. The number of hydrogen-bond donors (Lipinski definition) is 1. The lowest BCUT2D eigenvalue weighted by Crippen LogP contribution is -2.57. The molecule has 1 N–H and O–H groups in total. The molecule has 5 atom stereocenters. The van der Waals surface area contributed by atoms with Crippen LogP contribution < -0.4 is 10.1 Å². The number of Topliss-reactive ketones (excluding diaryl/α,β-unsaturated/α-hetero) is 1. The highest BCUT2D eigenvalue weighted by Crippen LogP contribution is 2.41. The lowest BCUT2D eigenvalue weighted by molar-refractivity contribution is -0.141. The van der Waals surface area contributed by atoms with Gasteiger partial charge in [-0.3, -0.25) is 9.59 Å². The lowest BCUT2D eigenvalue weighted by atomic mass is 9.85. The summed E-state index contributed by atoms with van der Waals surface area (Å²) in [5.74, 6) is -5.01. The lowest BCUT2D eigenvalue weighted by Gasteiger charge is -2.35. The van der Waals surface area contributed by atoms with Crippen LogP contribution in [0.25, 0.3) is 11.0 Å². The molecule has 0 spiro atoms. The first-order chi connectivity index (χ1) is 20.2. The fourth-order valence-corrected chi connectivity index (χ4v) is 6.19. The summed E-state index contributed by atoms with van der Waals surface area (Å²) >= 11 is 6.16. The van der Waals surface area contributed by atoms with Crippen molar-refractivity contribution in [2.24, 2.45) is 11.3 Å². The van der Waals surface area contributed by atoms with Gasteiger partial charge in [-0.2, -0.15) is 8.78 Å². The molecule has 2 bridgehead atoms. The summed E-state index contributed by atoms with van der Waals surface area (Å²) in [4.78, 5) is 50.1. The Morgan fingerprint density at radius 1 is 1.19 bits per heavy atom. The number of halogens is 3. The fourth-order valence-electron chi connectivity index (χ4n) is 6.02. The van der Waals surface area contributed by atoms with E-state index in [1.165, 1.54) is 24.0 Å². The standard InChI is InChI=1S/C31H37ClF2N4O5/c1-6-19-23-15-38(24(19)16(2)39)28(40)26(30(3,4)5)37-29(41)43-22-13-17(22)9-7-8-12-31(33,34)25-27(42-23)36-21-14-18(32)10-11-20(21)35-25/h9-11,14,19,22-24,26H,6-8,12-13,15H2,1-5H3,(H,37,41)/b17-9-/t19-,22-,23+,24-,26-/m1/s1. The van der Waals surface area contributed by atoms with Crippen LogP contribution in [0.4, 0.5) is 13.6 Å². The Morgan fingerprint density at radius 2 is 1.93 bits per heavy atom. The number of carbonyl (C=O) groups is 3. The average molecular weight is 619 g/mol. The molecular formula is C31H37ClF2N4O5. The molecular weight excluding hydrogens is 582 g/mol. The molecule has 3 heterocycles. The normalized spacial score (nSPS) is 29.2. The first kappa shape index (κ1) is 31.1. The number of alkyl halides is 2. The van der Waals surface area contributed by atoms with Crippen molar-refractivity contribution in [3.8, 4) is 5.88 Å². The Labute approximate surface area is 254 Å². The predicted octanol–water partition coefficient (Wildman–Crippen LogP) is 5.97. The molecule has 1 aromatic carbocycles. The number of hydrogen-bond acceptors (Lipinski definition) is 7. The van der Waals surface area contributed by atoms with Gasteiger partial charge in [-0.1, -0.05) is 45.4 Å². The van der Waals surface area contributed by atoms with E-state index in [1.807, 2.05) is 13.0 Å². The van der Waals surface area contributed by atoms with Gasteiger partial charge in [-0.15, -0.1) is 0 Å². The van der Waals surface area contributed by atoms with Gasteiger partial charge < -0.3 is 19.7 Å². The molecule has 2 aliphatic heterocycles. The van der Waals surface area contributed by atoms with Crippen LogP contribution in [-0.4, -0.2) is 63.5 Å². The van der Waals surface area contributed by atoms with E-state index < -0.39 is 65.7 Å². The molecule has 232 valence electrons. The molecule has 43 heavy (non-hydrogen) atoms. The zero-order valence-corrected chi connectivity index (χ0v) is 25.7. The van der Waals surface area contributed by atoms with Crippen molar-refractivity contribution in [2.75, 3.05) is 6.54 Å². The van der Waals surface area contributed by atoms with E-state index >= 15 is 8.78 Å². The zero-order chi connectivity index (χ0) is 31.3. The second kappa shape index (κ2) is 11.6. The van der Waals surface area contributed by atoms with Crippen molar-refractivity contribution in [1.82, 2.24) is 20.2 Å². The third kappa shape index (κ3) is 6.46. The maximum absolute atomic E-state index is 15.8. The highest BCUT2D eigenvalue weighted by Gasteiger charge is 2.51. The molecule has 5 rings (SSSR count). The van der Waals surface area contributed by atoms with Crippen molar-refractivity contribution in [2.45, 2.75) is 96.9 Å². The van der Waals surface area contributed by atoms with Crippen molar-refractivity contribution in [3.63, 3.8) is 0 Å². The number of fused-ring (bicyclic) bond motifs is 5. The molecule has 0 unspecified atom stereocenters. The van der Waals surface area contributed by atoms with Gasteiger partial charge in [0.15, 0.2) is 11.5 Å². The maximum atomic E-state index is 15.8. The topological polar surface area (TPSA) is 111 Å². The van der Waals surface area contributed by atoms with Crippen LogP contribution in [-0.2, 0) is 20.2 Å². The summed E-state index contributed by atoms with van der Waals surface area (Å²) in [5, 5.41) is 3.09. The van der Waals surface area contributed by atoms with Crippen LogP contribution in [0.2, 0.25) is 5.02 Å². The van der Waals surface area contributed by atoms with E-state index in [0.717, 1.165) is 5.57 Å². The van der Waals surface area contributed by atoms with Crippen LogP contribution in [0.1, 0.15) is 72.4 Å². The number of aromatic nitrogens is 2. The number of carbonyl (C=O) groups excluding carboxylic acids is 3. The van der Waals surface area contributed by atoms with Crippen LogP contribution in [0.3, 0.4) is 0 Å². The second-order valence-corrected chi connectivity index (χ2v) is 13.1. The summed E-state index contributed by atoms with van der Waals surface area (Å²) < 4.78 is 43.4. The number of alkyl carbamates (subject to hydrolysis) is 1. The number of ketones is 1. The predicted molar refractivity (Wildman–Crippen MR) is 156 cm³/mol. The Bertz CT molecular complexity index is 1480. The maximum Gasteiger partial charge on any atom is 0.408 e. The van der Waals surface area contributed by atoms with Crippen LogP contribution in [0, 0.1) is 11.3 Å². The van der Waals surface area contributed by atoms with Crippen molar-refractivity contribution < 1.29 is 32.6 Å². The zero-order valence-electron chi connectivity index (χ0n) is 25.0. The van der Waals surface area contributed by atoms with Crippen LogP contribution >= 0.6 is 11.6 Å². The van der Waals surface area contributed by atoms with E-state index in [-0.39, 0.29) is 35.7 Å². The molecule has 0 radical (unpaired) electrons. The number of nitrogens with zero attached hydrogens (tertiary/aromatic N) is 3. The first-order valence-corrected chi connectivity index (χ1v) is 15.1. The van der Waals surface area contributed by atoms with E-state index in [0.29, 0.717) is 24.3 Å². The third-order valence-electron chi connectivity index (χ3n) is 8.37. The molecule has 1 saturated carbocycles. The minimum absolute atomic E-state index is 0.0688. The molecule has 2 fully saturated rings. The van der Waals surface area contributed by atoms with Gasteiger partial charge in [0, 0.05) is 23.8 Å². The molecule has 1 saturated heterocycles. The van der Waals surface area contributed by atoms with E-state index in [9.17, 15) is 14.4 Å². The van der Waals surface area contributed by atoms with Gasteiger partial charge in [-0.25, -0.2) is 14.8 Å². The van der Waals surface area contributed by atoms with E-state index in [4.69, 9.17) is 21.1 Å². The summed E-state index contributed by atoms with van der Waals surface area (Å²) in [6, 6.07) is 2.69. The number of nitrogens with one attached hydrogen (secondary N) is 1. The van der Waals surface area contributed by atoms with Crippen LogP contribution in [0.15, 0.2) is 29.8 Å². The Hall–Kier alpha value is -3.34. The molecule has 12 heteroatoms. The number of benzene rings is 1. The minimum Gasteiger partial charge on any atom is -0.471 e. The summed E-state index contributed by atoms with van der Waals surface area (Å²) in [6.07, 6.45) is 0.686. The van der Waals surface area contributed by atoms with Gasteiger partial charge in [0.25, 0.3) is 5.92 Å². The van der Waals surface area contributed by atoms with Crippen LogP contribution in [0.5, 0.6) is 5.88 Å². The summed E-state index contributed by atoms with van der Waals surface area (Å²) in [5.41, 5.74) is 0.0389. The highest BCUT2D eigenvalue weighted by molar-refractivity contribution is 6.31. The molecule has 1 aliphatic carbocycles. The van der Waals surface area contributed by atoms with Crippen molar-refractivity contribution in [3.05, 3.63) is 40.6 Å². The van der Waals surface area contributed by atoms with Gasteiger partial charge in [0.1, 0.15) is 18.2 Å². The largest absolute Gasteiger partial charge is 0.471 e. The quantitative estimate of drug-likeness (QED) is 0.413. The monoisotopic (exact) mass is 618 g/mol. The molecule has 1 aromatic heterocycles. The first-order valence-electron chi connectivity index (χ1n) is 14.7. The van der Waals surface area contributed by atoms with Gasteiger partial charge in [-0.05, 0) is 55.4 Å². The molecule has 9 nitrogen and oxygen atoms in total. The highest BCUT2D eigenvalue weighted by atomic mass is 35.5. The minimum atomic E-state index is -3.38. The SMILES string of the molecule is CC[C@@H]1[C@@H]2CN(C(=O)[C@H](C(C)(C)C)NC(=O)O[C@@H]3C/C3=C/CCCC(F)(F)c3nc4ccc(Cl)cc4nc3O2)[C@@H]1C(C)=O. The molecule has 3 aliphatic rings. The summed E-state index contributed by atoms with van der Waals surface area (Å²) in [6.45, 7) is 8.58. The number of rotatable bonds is 2. The average Bonchev–Trinajstić information content (AvgIpc) is 3.54. The molecule has 2 amide bonds. The third-order valence-corrected chi connectivity index (χ3v) is 8.61. The van der Waals surface area contributed by atoms with Crippen molar-refractivity contribution >= 4 is 40.4 Å². The molecule has 2 aromatic rings. The number of amides is 2. The number of allylic oxidation sites excluding steroid dienone is 1. The summed E-state index contributed by atoms with van der Waals surface area (Å²) in [7, 11) is 0. The fraction of sp³-hybridized carbons (Fsp3) is 0.581. The Morgan fingerprint density at radius 3 is 2.60 bits per heavy atom. The van der Waals surface area contributed by atoms with E-state index in [2.05, 4.69) is 15.3 Å². The Kier molecular flexibility index (Phi) is 8.41. The van der Waals surface area contributed by atoms with Gasteiger partial charge >= 0.3 is 6.09 Å². The van der Waals surface area contributed by atoms with E-state index in [1.54, 1.807) is 26.8 Å².